The number of anilines is 1. The fraction of sp³-hybridized carbons (Fsp3) is 0.625. The Morgan fingerprint density at radius 2 is 1.89 bits per heavy atom. The number of rotatable bonds is 6. The van der Waals surface area contributed by atoms with Crippen molar-refractivity contribution in [1.82, 2.24) is 5.32 Å². The molecular formula is C16H26N2O. The Labute approximate surface area is 116 Å². The highest BCUT2D eigenvalue weighted by Crippen LogP contribution is 2.31. The molecule has 19 heavy (non-hydrogen) atoms. The van der Waals surface area contributed by atoms with Gasteiger partial charge < -0.3 is 15.3 Å². The van der Waals surface area contributed by atoms with Crippen LogP contribution in [-0.2, 0) is 0 Å². The second-order valence-corrected chi connectivity index (χ2v) is 5.91. The van der Waals surface area contributed by atoms with Crippen LogP contribution >= 0.6 is 0 Å². The van der Waals surface area contributed by atoms with Gasteiger partial charge in [-0.1, -0.05) is 19.1 Å². The number of nitrogens with one attached hydrogen (secondary N) is 1. The van der Waals surface area contributed by atoms with Gasteiger partial charge in [0.15, 0.2) is 0 Å². The van der Waals surface area contributed by atoms with Crippen molar-refractivity contribution in [3.05, 3.63) is 29.8 Å². The summed E-state index contributed by atoms with van der Waals surface area (Å²) < 4.78 is 0. The van der Waals surface area contributed by atoms with Crippen molar-refractivity contribution < 1.29 is 5.11 Å². The lowest BCUT2D eigenvalue weighted by molar-refractivity contribution is -0.0333. The van der Waals surface area contributed by atoms with Crippen LogP contribution in [0, 0.1) is 0 Å². The zero-order chi connectivity index (χ0) is 13.9. The van der Waals surface area contributed by atoms with Gasteiger partial charge in [0, 0.05) is 32.4 Å². The van der Waals surface area contributed by atoms with Crippen LogP contribution in [0.5, 0.6) is 0 Å². The Balaban J connectivity index is 1.96. The zero-order valence-corrected chi connectivity index (χ0v) is 12.3. The molecule has 0 bridgehead atoms. The number of aliphatic hydroxyl groups is 1. The molecule has 1 aromatic carbocycles. The molecule has 3 heteroatoms. The van der Waals surface area contributed by atoms with E-state index in [9.17, 15) is 5.11 Å². The first kappa shape index (κ1) is 14.4. The second kappa shape index (κ2) is 5.93. The maximum atomic E-state index is 10.1. The summed E-state index contributed by atoms with van der Waals surface area (Å²) in [5.41, 5.74) is 2.07. The maximum Gasteiger partial charge on any atom is 0.0771 e. The molecule has 3 nitrogen and oxygen atoms in total. The smallest absolute Gasteiger partial charge is 0.0771 e. The summed E-state index contributed by atoms with van der Waals surface area (Å²) in [5, 5.41) is 13.7. The second-order valence-electron chi connectivity index (χ2n) is 5.91. The zero-order valence-electron chi connectivity index (χ0n) is 12.3. The SMILES string of the molecule is CCC(NCC1(O)CCC1)c1ccc(N(C)C)cc1. The normalized spacial score (nSPS) is 18.7. The molecule has 0 radical (unpaired) electrons. The van der Waals surface area contributed by atoms with Crippen LogP contribution < -0.4 is 10.2 Å². The molecule has 2 N–H and O–H groups in total. The number of benzene rings is 1. The lowest BCUT2D eigenvalue weighted by Crippen LogP contribution is -2.47. The summed E-state index contributed by atoms with van der Waals surface area (Å²) in [5.74, 6) is 0. The van der Waals surface area contributed by atoms with E-state index >= 15 is 0 Å². The van der Waals surface area contributed by atoms with E-state index in [1.165, 1.54) is 11.3 Å². The van der Waals surface area contributed by atoms with E-state index in [1.807, 2.05) is 0 Å². The third kappa shape index (κ3) is 3.48. The first-order chi connectivity index (χ1) is 9.04. The highest BCUT2D eigenvalue weighted by Gasteiger charge is 2.34. The first-order valence-corrected chi connectivity index (χ1v) is 7.27. The summed E-state index contributed by atoms with van der Waals surface area (Å²) in [6.07, 6.45) is 4.08. The van der Waals surface area contributed by atoms with E-state index in [2.05, 4.69) is 55.5 Å². The van der Waals surface area contributed by atoms with Gasteiger partial charge in [-0.2, -0.15) is 0 Å². The Bertz CT molecular complexity index is 396. The molecule has 0 saturated heterocycles. The topological polar surface area (TPSA) is 35.5 Å². The fourth-order valence-corrected chi connectivity index (χ4v) is 2.58. The molecule has 0 heterocycles. The molecule has 0 aliphatic heterocycles. The van der Waals surface area contributed by atoms with Gasteiger partial charge >= 0.3 is 0 Å². The third-order valence-electron chi connectivity index (χ3n) is 4.18. The summed E-state index contributed by atoms with van der Waals surface area (Å²) in [6, 6.07) is 9.00. The van der Waals surface area contributed by atoms with E-state index in [4.69, 9.17) is 0 Å². The van der Waals surface area contributed by atoms with Crippen LogP contribution in [-0.4, -0.2) is 31.3 Å². The lowest BCUT2D eigenvalue weighted by atomic mass is 9.80. The Hall–Kier alpha value is -1.06. The molecule has 2 rings (SSSR count). The number of hydrogen-bond acceptors (Lipinski definition) is 3. The van der Waals surface area contributed by atoms with Crippen LogP contribution in [0.25, 0.3) is 0 Å². The van der Waals surface area contributed by atoms with Gasteiger partial charge in [0.05, 0.1) is 5.60 Å². The van der Waals surface area contributed by atoms with Crippen molar-refractivity contribution in [2.24, 2.45) is 0 Å². The molecular weight excluding hydrogens is 236 g/mol. The van der Waals surface area contributed by atoms with Crippen molar-refractivity contribution >= 4 is 5.69 Å². The lowest BCUT2D eigenvalue weighted by Gasteiger charge is -2.38. The van der Waals surface area contributed by atoms with Gasteiger partial charge in [-0.05, 0) is 43.4 Å². The van der Waals surface area contributed by atoms with E-state index in [1.54, 1.807) is 0 Å². The maximum absolute atomic E-state index is 10.1. The molecule has 106 valence electrons. The molecule has 1 fully saturated rings. The predicted molar refractivity (Wildman–Crippen MR) is 80.6 cm³/mol. The molecule has 0 aromatic heterocycles. The average Bonchev–Trinajstić information content (AvgIpc) is 2.38. The van der Waals surface area contributed by atoms with Crippen LogP contribution in [0.15, 0.2) is 24.3 Å². The highest BCUT2D eigenvalue weighted by atomic mass is 16.3. The van der Waals surface area contributed by atoms with Crippen molar-refractivity contribution in [3.63, 3.8) is 0 Å². The van der Waals surface area contributed by atoms with E-state index < -0.39 is 5.60 Å². The van der Waals surface area contributed by atoms with Crippen molar-refractivity contribution in [2.75, 3.05) is 25.5 Å². The molecule has 1 aromatic rings. The van der Waals surface area contributed by atoms with Crippen molar-refractivity contribution in [2.45, 2.75) is 44.2 Å². The minimum Gasteiger partial charge on any atom is -0.389 e. The quantitative estimate of drug-likeness (QED) is 0.827. The molecule has 1 unspecified atom stereocenters. The molecule has 0 amide bonds. The minimum absolute atomic E-state index is 0.334. The minimum atomic E-state index is -0.447. The summed E-state index contributed by atoms with van der Waals surface area (Å²) in [6.45, 7) is 2.89. The average molecular weight is 262 g/mol. The summed E-state index contributed by atoms with van der Waals surface area (Å²) in [7, 11) is 4.10. The van der Waals surface area contributed by atoms with Crippen molar-refractivity contribution in [1.29, 1.82) is 0 Å². The summed E-state index contributed by atoms with van der Waals surface area (Å²) in [4.78, 5) is 2.11. The van der Waals surface area contributed by atoms with E-state index in [-0.39, 0.29) is 0 Å². The molecule has 1 saturated carbocycles. The largest absolute Gasteiger partial charge is 0.389 e. The van der Waals surface area contributed by atoms with Crippen LogP contribution in [0.1, 0.15) is 44.2 Å². The Morgan fingerprint density at radius 3 is 2.32 bits per heavy atom. The van der Waals surface area contributed by atoms with Gasteiger partial charge in [-0.15, -0.1) is 0 Å². The number of nitrogens with zero attached hydrogens (tertiary/aromatic N) is 1. The van der Waals surface area contributed by atoms with Crippen molar-refractivity contribution in [3.8, 4) is 0 Å². The summed E-state index contributed by atoms with van der Waals surface area (Å²) >= 11 is 0. The van der Waals surface area contributed by atoms with Gasteiger partial charge in [0.25, 0.3) is 0 Å². The van der Waals surface area contributed by atoms with Crippen LogP contribution in [0.3, 0.4) is 0 Å². The van der Waals surface area contributed by atoms with Crippen LogP contribution in [0.2, 0.25) is 0 Å². The highest BCUT2D eigenvalue weighted by molar-refractivity contribution is 5.46. The van der Waals surface area contributed by atoms with Crippen LogP contribution in [0.4, 0.5) is 5.69 Å². The van der Waals surface area contributed by atoms with Gasteiger partial charge in [-0.25, -0.2) is 0 Å². The fourth-order valence-electron chi connectivity index (χ4n) is 2.58. The van der Waals surface area contributed by atoms with E-state index in [0.29, 0.717) is 12.6 Å². The van der Waals surface area contributed by atoms with E-state index in [0.717, 1.165) is 25.7 Å². The van der Waals surface area contributed by atoms with Gasteiger partial charge in [0.1, 0.15) is 0 Å². The van der Waals surface area contributed by atoms with Gasteiger partial charge in [-0.3, -0.25) is 0 Å². The Kier molecular flexibility index (Phi) is 4.48. The first-order valence-electron chi connectivity index (χ1n) is 7.27. The standard InChI is InChI=1S/C16H26N2O/c1-4-15(17-12-16(19)10-5-11-16)13-6-8-14(9-7-13)18(2)3/h6-9,15,17,19H,4-5,10-12H2,1-3H3. The molecule has 0 spiro atoms. The third-order valence-corrected chi connectivity index (χ3v) is 4.18. The Morgan fingerprint density at radius 1 is 1.26 bits per heavy atom. The number of hydrogen-bond donors (Lipinski definition) is 2. The predicted octanol–water partition coefficient (Wildman–Crippen LogP) is 2.71. The molecule has 1 atom stereocenters. The van der Waals surface area contributed by atoms with Gasteiger partial charge in [0.2, 0.25) is 0 Å². The molecule has 1 aliphatic carbocycles. The molecule has 1 aliphatic rings. The monoisotopic (exact) mass is 262 g/mol.